The third kappa shape index (κ3) is 2.52. The number of halogens is 1. The van der Waals surface area contributed by atoms with Crippen LogP contribution in [-0.2, 0) is 6.54 Å². The summed E-state index contributed by atoms with van der Waals surface area (Å²) in [6.45, 7) is 2.55. The summed E-state index contributed by atoms with van der Waals surface area (Å²) in [6.07, 6.45) is 0. The summed E-state index contributed by atoms with van der Waals surface area (Å²) in [7, 11) is 0. The zero-order valence-corrected chi connectivity index (χ0v) is 12.7. The van der Waals surface area contributed by atoms with Crippen LogP contribution in [0.3, 0.4) is 0 Å². The van der Waals surface area contributed by atoms with Gasteiger partial charge in [-0.25, -0.2) is 9.37 Å². The van der Waals surface area contributed by atoms with E-state index in [1.54, 1.807) is 6.07 Å². The summed E-state index contributed by atoms with van der Waals surface area (Å²) in [5.41, 5.74) is 2.67. The van der Waals surface area contributed by atoms with Crippen LogP contribution in [0.5, 0.6) is 0 Å². The number of aromatic nitrogens is 2. The van der Waals surface area contributed by atoms with Crippen LogP contribution in [0, 0.1) is 12.7 Å². The molecule has 0 amide bonds. The molecule has 0 atom stereocenters. The number of furan rings is 1. The van der Waals surface area contributed by atoms with Crippen molar-refractivity contribution in [2.24, 2.45) is 0 Å². The van der Waals surface area contributed by atoms with Crippen molar-refractivity contribution in [2.45, 2.75) is 13.5 Å². The highest BCUT2D eigenvalue weighted by Crippen LogP contribution is 2.27. The van der Waals surface area contributed by atoms with E-state index in [4.69, 9.17) is 4.42 Å². The first kappa shape index (κ1) is 13.8. The maximum atomic E-state index is 13.5. The molecule has 3 nitrogen and oxygen atoms in total. The highest BCUT2D eigenvalue weighted by molar-refractivity contribution is 5.80. The molecule has 4 aromatic rings. The van der Waals surface area contributed by atoms with E-state index < -0.39 is 0 Å². The Bertz CT molecular complexity index is 970. The molecular formula is C19H15FN2O. The minimum absolute atomic E-state index is 0.288. The highest BCUT2D eigenvalue weighted by atomic mass is 19.1. The van der Waals surface area contributed by atoms with Crippen LogP contribution < -0.4 is 0 Å². The van der Waals surface area contributed by atoms with Gasteiger partial charge in [0.1, 0.15) is 11.6 Å². The Morgan fingerprint density at radius 1 is 1.04 bits per heavy atom. The largest absolute Gasteiger partial charge is 0.458 e. The summed E-state index contributed by atoms with van der Waals surface area (Å²) in [6, 6.07) is 18.6. The molecule has 0 radical (unpaired) electrons. The average Bonchev–Trinajstić information content (AvgIpc) is 3.12. The minimum atomic E-state index is -0.288. The van der Waals surface area contributed by atoms with E-state index in [2.05, 4.69) is 21.7 Å². The normalized spacial score (nSPS) is 11.2. The molecule has 114 valence electrons. The standard InChI is InChI=1S/C19H15FN2O/c1-13-7-10-18(23-13)19-21-16-11-15(20)8-9-17(16)22(19)12-14-5-3-2-4-6-14/h2-11H,12H2,1H3. The van der Waals surface area contributed by atoms with Crippen molar-refractivity contribution in [1.29, 1.82) is 0 Å². The number of imidazole rings is 1. The maximum Gasteiger partial charge on any atom is 0.177 e. The SMILES string of the molecule is Cc1ccc(-c2nc3cc(F)ccc3n2Cc2ccccc2)o1. The molecule has 2 heterocycles. The molecule has 0 aliphatic heterocycles. The van der Waals surface area contributed by atoms with Crippen LogP contribution in [0.1, 0.15) is 11.3 Å². The molecule has 0 bridgehead atoms. The topological polar surface area (TPSA) is 31.0 Å². The molecule has 4 rings (SSSR count). The van der Waals surface area contributed by atoms with Crippen LogP contribution >= 0.6 is 0 Å². The fraction of sp³-hybridized carbons (Fsp3) is 0.105. The molecule has 0 saturated carbocycles. The van der Waals surface area contributed by atoms with Gasteiger partial charge in [0.25, 0.3) is 0 Å². The van der Waals surface area contributed by atoms with Gasteiger partial charge in [0.05, 0.1) is 11.0 Å². The van der Waals surface area contributed by atoms with Crippen LogP contribution in [0.25, 0.3) is 22.6 Å². The second kappa shape index (κ2) is 5.39. The van der Waals surface area contributed by atoms with E-state index in [1.165, 1.54) is 12.1 Å². The summed E-state index contributed by atoms with van der Waals surface area (Å²) >= 11 is 0. The molecule has 0 aliphatic carbocycles. The van der Waals surface area contributed by atoms with Crippen LogP contribution in [0.4, 0.5) is 4.39 Å². The zero-order chi connectivity index (χ0) is 15.8. The number of hydrogen-bond donors (Lipinski definition) is 0. The Morgan fingerprint density at radius 3 is 2.61 bits per heavy atom. The summed E-state index contributed by atoms with van der Waals surface area (Å²) in [5.74, 6) is 1.94. The average molecular weight is 306 g/mol. The molecule has 0 aliphatic rings. The molecule has 2 aromatic heterocycles. The quantitative estimate of drug-likeness (QED) is 0.545. The minimum Gasteiger partial charge on any atom is -0.458 e. The molecular weight excluding hydrogens is 291 g/mol. The van der Waals surface area contributed by atoms with Crippen molar-refractivity contribution in [2.75, 3.05) is 0 Å². The monoisotopic (exact) mass is 306 g/mol. The first-order chi connectivity index (χ1) is 11.2. The van der Waals surface area contributed by atoms with Crippen molar-refractivity contribution in [1.82, 2.24) is 9.55 Å². The predicted molar refractivity (Wildman–Crippen MR) is 87.7 cm³/mol. The van der Waals surface area contributed by atoms with Crippen LogP contribution in [0.2, 0.25) is 0 Å². The summed E-state index contributed by atoms with van der Waals surface area (Å²) in [4.78, 5) is 4.58. The van der Waals surface area contributed by atoms with Gasteiger partial charge in [0.2, 0.25) is 0 Å². The fourth-order valence-electron chi connectivity index (χ4n) is 2.77. The second-order valence-corrected chi connectivity index (χ2v) is 5.55. The van der Waals surface area contributed by atoms with E-state index in [1.807, 2.05) is 37.3 Å². The van der Waals surface area contributed by atoms with Gasteiger partial charge < -0.3 is 8.98 Å². The Morgan fingerprint density at radius 2 is 1.87 bits per heavy atom. The molecule has 0 unspecified atom stereocenters. The Labute approximate surface area is 133 Å². The Hall–Kier alpha value is -2.88. The van der Waals surface area contributed by atoms with E-state index in [0.29, 0.717) is 23.6 Å². The molecule has 23 heavy (non-hydrogen) atoms. The molecule has 2 aromatic carbocycles. The molecule has 0 N–H and O–H groups in total. The van der Waals surface area contributed by atoms with Crippen molar-refractivity contribution < 1.29 is 8.81 Å². The highest BCUT2D eigenvalue weighted by Gasteiger charge is 2.16. The van der Waals surface area contributed by atoms with Crippen molar-refractivity contribution in [3.8, 4) is 11.6 Å². The summed E-state index contributed by atoms with van der Waals surface area (Å²) < 4.78 is 21.3. The zero-order valence-electron chi connectivity index (χ0n) is 12.7. The van der Waals surface area contributed by atoms with Gasteiger partial charge in [0, 0.05) is 12.6 Å². The third-order valence-corrected chi connectivity index (χ3v) is 3.85. The van der Waals surface area contributed by atoms with Crippen LogP contribution in [-0.4, -0.2) is 9.55 Å². The van der Waals surface area contributed by atoms with Gasteiger partial charge in [-0.3, -0.25) is 0 Å². The van der Waals surface area contributed by atoms with E-state index in [-0.39, 0.29) is 5.82 Å². The third-order valence-electron chi connectivity index (χ3n) is 3.85. The lowest BCUT2D eigenvalue weighted by Crippen LogP contribution is -2.01. The first-order valence-corrected chi connectivity index (χ1v) is 7.47. The number of aryl methyl sites for hydroxylation is 1. The predicted octanol–water partition coefficient (Wildman–Crippen LogP) is 4.79. The van der Waals surface area contributed by atoms with Gasteiger partial charge in [-0.1, -0.05) is 30.3 Å². The lowest BCUT2D eigenvalue weighted by atomic mass is 10.2. The Kier molecular flexibility index (Phi) is 3.23. The van der Waals surface area contributed by atoms with Gasteiger partial charge >= 0.3 is 0 Å². The summed E-state index contributed by atoms with van der Waals surface area (Å²) in [5, 5.41) is 0. The first-order valence-electron chi connectivity index (χ1n) is 7.47. The maximum absolute atomic E-state index is 13.5. The molecule has 4 heteroatoms. The number of fused-ring (bicyclic) bond motifs is 1. The fourth-order valence-corrected chi connectivity index (χ4v) is 2.77. The molecule has 0 fully saturated rings. The number of hydrogen-bond acceptors (Lipinski definition) is 2. The van der Waals surface area contributed by atoms with E-state index >= 15 is 0 Å². The second-order valence-electron chi connectivity index (χ2n) is 5.55. The number of benzene rings is 2. The Balaban J connectivity index is 1.91. The van der Waals surface area contributed by atoms with E-state index in [0.717, 1.165) is 16.8 Å². The van der Waals surface area contributed by atoms with Crippen LogP contribution in [0.15, 0.2) is 65.1 Å². The lowest BCUT2D eigenvalue weighted by molar-refractivity contribution is 0.540. The van der Waals surface area contributed by atoms with Crippen molar-refractivity contribution in [3.05, 3.63) is 77.8 Å². The van der Waals surface area contributed by atoms with Gasteiger partial charge in [-0.2, -0.15) is 0 Å². The van der Waals surface area contributed by atoms with E-state index in [9.17, 15) is 4.39 Å². The lowest BCUT2D eigenvalue weighted by Gasteiger charge is -2.08. The number of nitrogens with zero attached hydrogens (tertiary/aromatic N) is 2. The number of rotatable bonds is 3. The van der Waals surface area contributed by atoms with Crippen molar-refractivity contribution in [3.63, 3.8) is 0 Å². The van der Waals surface area contributed by atoms with Gasteiger partial charge in [0.15, 0.2) is 11.6 Å². The van der Waals surface area contributed by atoms with Gasteiger partial charge in [-0.15, -0.1) is 0 Å². The smallest absolute Gasteiger partial charge is 0.177 e. The molecule has 0 saturated heterocycles. The molecule has 0 spiro atoms. The van der Waals surface area contributed by atoms with Gasteiger partial charge in [-0.05, 0) is 36.8 Å². The van der Waals surface area contributed by atoms with Crippen molar-refractivity contribution >= 4 is 11.0 Å².